The Balaban J connectivity index is 1.26. The topological polar surface area (TPSA) is 98.1 Å². The molecular formula is C29H27F2N5O3. The quantitative estimate of drug-likeness (QED) is 0.235. The van der Waals surface area contributed by atoms with Crippen LogP contribution in [0.2, 0.25) is 0 Å². The monoisotopic (exact) mass is 531 g/mol. The summed E-state index contributed by atoms with van der Waals surface area (Å²) >= 11 is 0. The van der Waals surface area contributed by atoms with E-state index in [1.807, 2.05) is 10.8 Å². The highest BCUT2D eigenvalue weighted by Gasteiger charge is 2.12. The number of aromatic nitrogens is 3. The fraction of sp³-hybridized carbons (Fsp3) is 0.172. The standard InChI is InChI=1S/C29H27F2N5O3/c1-2-27-33-14-16-36(27)15-4-3-5-22-18-24(12-13-32-22)39-26-11-10-23(19-25(26)31)34-29(38)35-28(37)17-20-6-8-21(30)9-7-20/h2,6-14,16,18-19H,1,3-5,15,17H2,(H2,34,35,37,38). The number of benzene rings is 2. The summed E-state index contributed by atoms with van der Waals surface area (Å²) in [5.74, 6) is -0.452. The molecule has 0 aliphatic rings. The van der Waals surface area contributed by atoms with E-state index in [-0.39, 0.29) is 17.9 Å². The Bertz CT molecular complexity index is 1450. The lowest BCUT2D eigenvalue weighted by molar-refractivity contribution is -0.119. The first kappa shape index (κ1) is 27.2. The third-order valence-electron chi connectivity index (χ3n) is 5.75. The molecule has 0 bridgehead atoms. The lowest BCUT2D eigenvalue weighted by atomic mass is 10.1. The number of hydrogen-bond donors (Lipinski definition) is 2. The summed E-state index contributed by atoms with van der Waals surface area (Å²) in [6.07, 6.45) is 9.44. The van der Waals surface area contributed by atoms with Crippen LogP contribution in [-0.4, -0.2) is 26.5 Å². The number of anilines is 1. The molecule has 0 aliphatic carbocycles. The van der Waals surface area contributed by atoms with Crippen molar-refractivity contribution in [2.24, 2.45) is 0 Å². The molecule has 200 valence electrons. The van der Waals surface area contributed by atoms with Gasteiger partial charge in [-0.1, -0.05) is 18.7 Å². The van der Waals surface area contributed by atoms with Crippen LogP contribution < -0.4 is 15.4 Å². The molecule has 39 heavy (non-hydrogen) atoms. The lowest BCUT2D eigenvalue weighted by Crippen LogP contribution is -2.35. The number of rotatable bonds is 11. The molecule has 0 fully saturated rings. The summed E-state index contributed by atoms with van der Waals surface area (Å²) in [5, 5.41) is 4.56. The molecule has 10 heteroatoms. The fourth-order valence-electron chi connectivity index (χ4n) is 3.85. The van der Waals surface area contributed by atoms with Crippen molar-refractivity contribution in [2.75, 3.05) is 5.32 Å². The van der Waals surface area contributed by atoms with E-state index in [2.05, 4.69) is 27.2 Å². The van der Waals surface area contributed by atoms with Crippen LogP contribution in [-0.2, 0) is 24.2 Å². The first-order valence-electron chi connectivity index (χ1n) is 12.3. The molecular weight excluding hydrogens is 504 g/mol. The molecule has 8 nitrogen and oxygen atoms in total. The van der Waals surface area contributed by atoms with E-state index in [0.717, 1.165) is 43.4 Å². The van der Waals surface area contributed by atoms with Crippen LogP contribution in [0.25, 0.3) is 6.08 Å². The fourth-order valence-corrected chi connectivity index (χ4v) is 3.85. The van der Waals surface area contributed by atoms with Gasteiger partial charge in [-0.05, 0) is 61.2 Å². The van der Waals surface area contributed by atoms with Crippen molar-refractivity contribution in [3.05, 3.63) is 108 Å². The summed E-state index contributed by atoms with van der Waals surface area (Å²) in [4.78, 5) is 32.7. The van der Waals surface area contributed by atoms with Crippen molar-refractivity contribution in [1.82, 2.24) is 19.9 Å². The van der Waals surface area contributed by atoms with Gasteiger partial charge in [0.15, 0.2) is 11.6 Å². The Morgan fingerprint density at radius 1 is 1.00 bits per heavy atom. The number of aryl methyl sites for hydroxylation is 2. The van der Waals surface area contributed by atoms with Crippen molar-refractivity contribution in [3.63, 3.8) is 0 Å². The molecule has 0 spiro atoms. The van der Waals surface area contributed by atoms with Gasteiger partial charge in [0.2, 0.25) is 5.91 Å². The van der Waals surface area contributed by atoms with Crippen molar-refractivity contribution in [1.29, 1.82) is 0 Å². The van der Waals surface area contributed by atoms with Gasteiger partial charge < -0.3 is 14.6 Å². The number of hydrogen-bond acceptors (Lipinski definition) is 5. The lowest BCUT2D eigenvalue weighted by Gasteiger charge is -2.11. The smallest absolute Gasteiger partial charge is 0.325 e. The molecule has 4 aromatic rings. The normalized spacial score (nSPS) is 10.6. The van der Waals surface area contributed by atoms with Crippen molar-refractivity contribution < 1.29 is 23.1 Å². The number of urea groups is 1. The van der Waals surface area contributed by atoms with E-state index in [1.54, 1.807) is 30.6 Å². The van der Waals surface area contributed by atoms with Gasteiger partial charge in [0.25, 0.3) is 0 Å². The predicted octanol–water partition coefficient (Wildman–Crippen LogP) is 5.91. The molecule has 2 aromatic carbocycles. The molecule has 0 saturated carbocycles. The van der Waals surface area contributed by atoms with E-state index in [9.17, 15) is 18.4 Å². The maximum absolute atomic E-state index is 14.7. The average molecular weight is 532 g/mol. The number of pyridine rings is 1. The van der Waals surface area contributed by atoms with Gasteiger partial charge in [0, 0.05) is 48.6 Å². The SMILES string of the molecule is C=Cc1nccn1CCCCc1cc(Oc2ccc(NC(=O)NC(=O)Cc3ccc(F)cc3)cc2F)ccn1. The van der Waals surface area contributed by atoms with E-state index >= 15 is 0 Å². The van der Waals surface area contributed by atoms with Crippen molar-refractivity contribution in [2.45, 2.75) is 32.2 Å². The van der Waals surface area contributed by atoms with E-state index in [1.165, 1.54) is 36.4 Å². The number of imidazole rings is 1. The van der Waals surface area contributed by atoms with Gasteiger partial charge in [-0.25, -0.2) is 18.6 Å². The minimum atomic E-state index is -0.817. The summed E-state index contributed by atoms with van der Waals surface area (Å²) in [7, 11) is 0. The van der Waals surface area contributed by atoms with Gasteiger partial charge in [0.1, 0.15) is 17.4 Å². The summed E-state index contributed by atoms with van der Waals surface area (Å²) in [6, 6.07) is 11.9. The number of amides is 3. The van der Waals surface area contributed by atoms with Gasteiger partial charge in [-0.15, -0.1) is 0 Å². The first-order chi connectivity index (χ1) is 18.9. The highest BCUT2D eigenvalue weighted by Crippen LogP contribution is 2.27. The Hall–Kier alpha value is -4.86. The predicted molar refractivity (Wildman–Crippen MR) is 143 cm³/mol. The number of ether oxygens (including phenoxy) is 1. The van der Waals surface area contributed by atoms with Gasteiger partial charge in [-0.2, -0.15) is 0 Å². The number of carbonyl (C=O) groups excluding carboxylic acids is 2. The van der Waals surface area contributed by atoms with Gasteiger partial charge >= 0.3 is 6.03 Å². The molecule has 0 unspecified atom stereocenters. The third-order valence-corrected chi connectivity index (χ3v) is 5.75. The van der Waals surface area contributed by atoms with Crippen LogP contribution in [0.3, 0.4) is 0 Å². The second-order valence-corrected chi connectivity index (χ2v) is 8.68. The largest absolute Gasteiger partial charge is 0.454 e. The van der Waals surface area contributed by atoms with Gasteiger partial charge in [0.05, 0.1) is 6.42 Å². The molecule has 0 atom stereocenters. The highest BCUT2D eigenvalue weighted by atomic mass is 19.1. The number of nitrogens with zero attached hydrogens (tertiary/aromatic N) is 3. The number of imide groups is 1. The van der Waals surface area contributed by atoms with Crippen LogP contribution in [0.1, 0.15) is 29.9 Å². The van der Waals surface area contributed by atoms with Crippen molar-refractivity contribution in [3.8, 4) is 11.5 Å². The van der Waals surface area contributed by atoms with Crippen LogP contribution >= 0.6 is 0 Å². The molecule has 2 aromatic heterocycles. The zero-order valence-corrected chi connectivity index (χ0v) is 21.1. The second kappa shape index (κ2) is 13.1. The zero-order valence-electron chi connectivity index (χ0n) is 21.1. The van der Waals surface area contributed by atoms with Crippen LogP contribution in [0.5, 0.6) is 11.5 Å². The molecule has 0 saturated heterocycles. The molecule has 0 aliphatic heterocycles. The highest BCUT2D eigenvalue weighted by molar-refractivity contribution is 6.01. The van der Waals surface area contributed by atoms with Crippen molar-refractivity contribution >= 4 is 23.7 Å². The van der Waals surface area contributed by atoms with Crippen LogP contribution in [0, 0.1) is 11.6 Å². The summed E-state index contributed by atoms with van der Waals surface area (Å²) in [5.41, 5.74) is 1.51. The molecule has 4 rings (SSSR count). The third kappa shape index (κ3) is 8.06. The summed E-state index contributed by atoms with van der Waals surface area (Å²) in [6.45, 7) is 4.58. The second-order valence-electron chi connectivity index (χ2n) is 8.68. The number of halogens is 2. The molecule has 3 amide bonds. The maximum Gasteiger partial charge on any atom is 0.325 e. The summed E-state index contributed by atoms with van der Waals surface area (Å²) < 4.78 is 35.4. The van der Waals surface area contributed by atoms with Crippen LogP contribution in [0.4, 0.5) is 19.3 Å². The Morgan fingerprint density at radius 2 is 1.82 bits per heavy atom. The zero-order chi connectivity index (χ0) is 27.6. The molecule has 0 radical (unpaired) electrons. The number of unbranched alkanes of at least 4 members (excludes halogenated alkanes) is 1. The first-order valence-corrected chi connectivity index (χ1v) is 12.3. The number of nitrogens with one attached hydrogen (secondary N) is 2. The Labute approximate surface area is 224 Å². The van der Waals surface area contributed by atoms with E-state index in [0.29, 0.717) is 11.3 Å². The van der Waals surface area contributed by atoms with E-state index < -0.39 is 23.6 Å². The van der Waals surface area contributed by atoms with Gasteiger partial charge in [-0.3, -0.25) is 15.1 Å². The number of carbonyl (C=O) groups is 2. The minimum absolute atomic E-state index is 0.0254. The molecule has 2 N–H and O–H groups in total. The average Bonchev–Trinajstić information content (AvgIpc) is 3.37. The minimum Gasteiger partial charge on any atom is -0.454 e. The Kier molecular flexibility index (Phi) is 9.12. The Morgan fingerprint density at radius 3 is 2.59 bits per heavy atom. The van der Waals surface area contributed by atoms with Crippen LogP contribution in [0.15, 0.2) is 79.8 Å². The van der Waals surface area contributed by atoms with E-state index in [4.69, 9.17) is 4.74 Å². The molecule has 2 heterocycles. The maximum atomic E-state index is 14.7.